The number of aryl methyl sites for hydroxylation is 3. The summed E-state index contributed by atoms with van der Waals surface area (Å²) in [4.78, 5) is 25.3. The minimum Gasteiger partial charge on any atom is -0.334 e. The quantitative estimate of drug-likeness (QED) is 0.561. The van der Waals surface area contributed by atoms with Crippen molar-refractivity contribution in [3.63, 3.8) is 0 Å². The van der Waals surface area contributed by atoms with Gasteiger partial charge in [-0.05, 0) is 56.2 Å². The van der Waals surface area contributed by atoms with Crippen molar-refractivity contribution in [2.45, 2.75) is 27.3 Å². The fourth-order valence-electron chi connectivity index (χ4n) is 2.89. The minimum atomic E-state index is -0.133. The molecule has 0 spiro atoms. The van der Waals surface area contributed by atoms with Crippen LogP contribution in [0.5, 0.6) is 0 Å². The third-order valence-corrected chi connectivity index (χ3v) is 4.66. The third kappa shape index (κ3) is 4.06. The summed E-state index contributed by atoms with van der Waals surface area (Å²) in [5, 5.41) is 6.92. The maximum atomic E-state index is 12.4. The number of nitrogens with zero attached hydrogens (tertiary/aromatic N) is 5. The number of benzene rings is 1. The molecule has 1 N–H and O–H groups in total. The van der Waals surface area contributed by atoms with Crippen molar-refractivity contribution in [2.24, 2.45) is 0 Å². The molecule has 3 heterocycles. The van der Waals surface area contributed by atoms with Crippen LogP contribution < -0.4 is 5.32 Å². The predicted octanol–water partition coefficient (Wildman–Crippen LogP) is 3.56. The number of imidazole rings is 1. The molecule has 0 saturated carbocycles. The highest BCUT2D eigenvalue weighted by molar-refractivity contribution is 5.90. The van der Waals surface area contributed by atoms with Gasteiger partial charge in [0.1, 0.15) is 18.1 Å². The second-order valence-electron chi connectivity index (χ2n) is 6.81. The number of carbonyl (C=O) groups is 1. The monoisotopic (exact) mass is 388 g/mol. The second-order valence-corrected chi connectivity index (χ2v) is 6.81. The number of nitrogens with one attached hydrogen (secondary N) is 1. The number of carbonyl (C=O) groups excluding carboxylic acids is 1. The Labute approximate surface area is 167 Å². The molecular formula is C21H20N6O2. The first-order valence-electron chi connectivity index (χ1n) is 9.15. The molecule has 0 radical (unpaired) electrons. The number of rotatable bonds is 5. The zero-order valence-electron chi connectivity index (χ0n) is 16.4. The molecule has 1 amide bonds. The van der Waals surface area contributed by atoms with Crippen LogP contribution in [0.15, 0.2) is 53.4 Å². The Bertz CT molecular complexity index is 1160. The van der Waals surface area contributed by atoms with Gasteiger partial charge in [0.05, 0.1) is 0 Å². The maximum absolute atomic E-state index is 12.4. The zero-order valence-corrected chi connectivity index (χ0v) is 16.4. The summed E-state index contributed by atoms with van der Waals surface area (Å²) < 4.78 is 7.08. The van der Waals surface area contributed by atoms with Crippen LogP contribution in [0, 0.1) is 20.8 Å². The number of anilines is 1. The van der Waals surface area contributed by atoms with E-state index in [0.717, 1.165) is 16.8 Å². The van der Waals surface area contributed by atoms with Gasteiger partial charge in [0.2, 0.25) is 11.7 Å². The SMILES string of the molecule is Cc1ccc(NC(=O)Cn2cc(-c3noc(-c4ccncc4)n3)nc2C)cc1C. The van der Waals surface area contributed by atoms with Crippen molar-refractivity contribution in [3.8, 4) is 23.0 Å². The van der Waals surface area contributed by atoms with E-state index in [-0.39, 0.29) is 12.5 Å². The molecule has 0 aliphatic heterocycles. The van der Waals surface area contributed by atoms with E-state index >= 15 is 0 Å². The lowest BCUT2D eigenvalue weighted by Crippen LogP contribution is -2.19. The van der Waals surface area contributed by atoms with Crippen molar-refractivity contribution >= 4 is 11.6 Å². The lowest BCUT2D eigenvalue weighted by molar-refractivity contribution is -0.116. The summed E-state index contributed by atoms with van der Waals surface area (Å²) in [6.45, 7) is 6.02. The molecule has 3 aromatic heterocycles. The molecule has 0 atom stereocenters. The smallest absolute Gasteiger partial charge is 0.258 e. The molecule has 1 aromatic carbocycles. The number of aromatic nitrogens is 5. The first-order chi connectivity index (χ1) is 14.0. The summed E-state index contributed by atoms with van der Waals surface area (Å²) in [5.74, 6) is 1.31. The first kappa shape index (κ1) is 18.5. The minimum absolute atomic E-state index is 0.133. The Balaban J connectivity index is 1.49. The number of amides is 1. The number of hydrogen-bond acceptors (Lipinski definition) is 6. The molecule has 8 heteroatoms. The lowest BCUT2D eigenvalue weighted by atomic mass is 10.1. The fourth-order valence-corrected chi connectivity index (χ4v) is 2.89. The van der Waals surface area contributed by atoms with E-state index in [1.807, 2.05) is 39.0 Å². The van der Waals surface area contributed by atoms with Crippen LogP contribution in [0.1, 0.15) is 17.0 Å². The number of pyridine rings is 1. The maximum Gasteiger partial charge on any atom is 0.258 e. The molecule has 0 aliphatic rings. The van der Waals surface area contributed by atoms with Crippen molar-refractivity contribution in [2.75, 3.05) is 5.32 Å². The predicted molar refractivity (Wildman–Crippen MR) is 108 cm³/mol. The average Bonchev–Trinajstić information content (AvgIpc) is 3.33. The standard InChI is InChI=1S/C21H20N6O2/c1-13-4-5-17(10-14(13)2)24-19(28)12-27-11-18(23-15(27)3)20-25-21(29-26-20)16-6-8-22-9-7-16/h4-11H,12H2,1-3H3,(H,24,28). The van der Waals surface area contributed by atoms with Crippen molar-refractivity contribution in [1.82, 2.24) is 24.7 Å². The van der Waals surface area contributed by atoms with E-state index in [1.165, 1.54) is 5.56 Å². The van der Waals surface area contributed by atoms with E-state index in [4.69, 9.17) is 4.52 Å². The molecule has 146 valence electrons. The third-order valence-electron chi connectivity index (χ3n) is 4.66. The molecule has 8 nitrogen and oxygen atoms in total. The Hall–Kier alpha value is -3.81. The molecule has 0 aliphatic carbocycles. The summed E-state index contributed by atoms with van der Waals surface area (Å²) in [6.07, 6.45) is 5.06. The van der Waals surface area contributed by atoms with Crippen LogP contribution >= 0.6 is 0 Å². The molecule has 0 fully saturated rings. The van der Waals surface area contributed by atoms with Crippen LogP contribution in [-0.2, 0) is 11.3 Å². The van der Waals surface area contributed by atoms with Gasteiger partial charge in [-0.1, -0.05) is 11.2 Å². The van der Waals surface area contributed by atoms with Gasteiger partial charge in [-0.2, -0.15) is 4.98 Å². The summed E-state index contributed by atoms with van der Waals surface area (Å²) in [5.41, 5.74) is 4.42. The molecule has 29 heavy (non-hydrogen) atoms. The van der Waals surface area contributed by atoms with Crippen molar-refractivity contribution in [3.05, 3.63) is 65.9 Å². The van der Waals surface area contributed by atoms with Crippen LogP contribution in [0.3, 0.4) is 0 Å². The summed E-state index contributed by atoms with van der Waals surface area (Å²) in [6, 6.07) is 9.42. The Kier molecular flexibility index (Phi) is 4.90. The van der Waals surface area contributed by atoms with Gasteiger partial charge in [0.15, 0.2) is 0 Å². The molecular weight excluding hydrogens is 368 g/mol. The number of hydrogen-bond donors (Lipinski definition) is 1. The average molecular weight is 388 g/mol. The van der Waals surface area contributed by atoms with E-state index in [2.05, 4.69) is 25.4 Å². The highest BCUT2D eigenvalue weighted by Gasteiger charge is 2.16. The highest BCUT2D eigenvalue weighted by atomic mass is 16.5. The normalized spacial score (nSPS) is 10.9. The van der Waals surface area contributed by atoms with E-state index in [1.54, 1.807) is 35.3 Å². The van der Waals surface area contributed by atoms with Gasteiger partial charge in [0, 0.05) is 29.8 Å². The topological polar surface area (TPSA) is 98.7 Å². The lowest BCUT2D eigenvalue weighted by Gasteiger charge is -2.09. The Morgan fingerprint density at radius 3 is 2.62 bits per heavy atom. The summed E-state index contributed by atoms with van der Waals surface area (Å²) in [7, 11) is 0. The van der Waals surface area contributed by atoms with Crippen LogP contribution in [-0.4, -0.2) is 30.6 Å². The second kappa shape index (κ2) is 7.67. The van der Waals surface area contributed by atoms with E-state index < -0.39 is 0 Å². The highest BCUT2D eigenvalue weighted by Crippen LogP contribution is 2.21. The first-order valence-corrected chi connectivity index (χ1v) is 9.15. The van der Waals surface area contributed by atoms with E-state index in [0.29, 0.717) is 23.2 Å². The molecule has 4 rings (SSSR count). The summed E-state index contributed by atoms with van der Waals surface area (Å²) >= 11 is 0. The molecule has 0 saturated heterocycles. The molecule has 4 aromatic rings. The fraction of sp³-hybridized carbons (Fsp3) is 0.190. The largest absolute Gasteiger partial charge is 0.334 e. The van der Waals surface area contributed by atoms with E-state index in [9.17, 15) is 4.79 Å². The van der Waals surface area contributed by atoms with Crippen LogP contribution in [0.4, 0.5) is 5.69 Å². The Morgan fingerprint density at radius 2 is 1.86 bits per heavy atom. The van der Waals surface area contributed by atoms with Gasteiger partial charge in [0.25, 0.3) is 5.89 Å². The molecule has 0 unspecified atom stereocenters. The van der Waals surface area contributed by atoms with Gasteiger partial charge in [-0.15, -0.1) is 0 Å². The van der Waals surface area contributed by atoms with Gasteiger partial charge in [-0.3, -0.25) is 9.78 Å². The van der Waals surface area contributed by atoms with Gasteiger partial charge >= 0.3 is 0 Å². The van der Waals surface area contributed by atoms with Crippen LogP contribution in [0.2, 0.25) is 0 Å². The Morgan fingerprint density at radius 1 is 1.07 bits per heavy atom. The van der Waals surface area contributed by atoms with Crippen LogP contribution in [0.25, 0.3) is 23.0 Å². The van der Waals surface area contributed by atoms with Crippen molar-refractivity contribution < 1.29 is 9.32 Å². The van der Waals surface area contributed by atoms with Gasteiger partial charge in [-0.25, -0.2) is 4.98 Å². The van der Waals surface area contributed by atoms with Gasteiger partial charge < -0.3 is 14.4 Å². The van der Waals surface area contributed by atoms with Crippen molar-refractivity contribution in [1.29, 1.82) is 0 Å². The molecule has 0 bridgehead atoms. The zero-order chi connectivity index (χ0) is 20.4.